The van der Waals surface area contributed by atoms with Gasteiger partial charge in [0.1, 0.15) is 5.69 Å². The molecule has 2 aromatic rings. The third-order valence-electron chi connectivity index (χ3n) is 2.48. The van der Waals surface area contributed by atoms with E-state index in [2.05, 4.69) is 4.98 Å². The molecule has 0 saturated heterocycles. The molecule has 7 heteroatoms. The van der Waals surface area contributed by atoms with Crippen molar-refractivity contribution < 1.29 is 23.8 Å². The van der Waals surface area contributed by atoms with E-state index in [0.717, 1.165) is 0 Å². The van der Waals surface area contributed by atoms with Gasteiger partial charge in [-0.1, -0.05) is 0 Å². The Morgan fingerprint density at radius 2 is 2.11 bits per heavy atom. The van der Waals surface area contributed by atoms with E-state index >= 15 is 0 Å². The van der Waals surface area contributed by atoms with Crippen molar-refractivity contribution in [3.05, 3.63) is 24.0 Å². The fraction of sp³-hybridized carbons (Fsp3) is 0.0909. The highest BCUT2D eigenvalue weighted by atomic mass is 16.7. The number of rotatable bonds is 2. The Kier molecular flexibility index (Phi) is 2.12. The van der Waals surface area contributed by atoms with Crippen LogP contribution < -0.4 is 15.2 Å². The van der Waals surface area contributed by atoms with E-state index in [1.165, 1.54) is 0 Å². The second-order valence-corrected chi connectivity index (χ2v) is 3.60. The summed E-state index contributed by atoms with van der Waals surface area (Å²) in [4.78, 5) is 14.9. The van der Waals surface area contributed by atoms with Gasteiger partial charge in [0.05, 0.1) is 0 Å². The maximum absolute atomic E-state index is 11.0. The first-order valence-electron chi connectivity index (χ1n) is 5.05. The lowest BCUT2D eigenvalue weighted by atomic mass is 10.1. The third-order valence-corrected chi connectivity index (χ3v) is 2.48. The van der Waals surface area contributed by atoms with Crippen LogP contribution in [0.1, 0.15) is 10.6 Å². The van der Waals surface area contributed by atoms with E-state index in [0.29, 0.717) is 17.1 Å². The molecule has 1 aromatic heterocycles. The number of hydrogen-bond acceptors (Lipinski definition) is 6. The highest BCUT2D eigenvalue weighted by molar-refractivity contribution is 5.92. The van der Waals surface area contributed by atoms with Gasteiger partial charge in [0, 0.05) is 5.56 Å². The van der Waals surface area contributed by atoms with E-state index in [1.54, 1.807) is 18.2 Å². The molecule has 1 aromatic carbocycles. The van der Waals surface area contributed by atoms with E-state index < -0.39 is 5.97 Å². The van der Waals surface area contributed by atoms with Crippen LogP contribution in [0.15, 0.2) is 22.6 Å². The largest absolute Gasteiger partial charge is 0.475 e. The van der Waals surface area contributed by atoms with Crippen LogP contribution in [0, 0.1) is 0 Å². The molecule has 7 nitrogen and oxygen atoms in total. The molecular weight excluding hydrogens is 240 g/mol. The minimum Gasteiger partial charge on any atom is -0.475 e. The summed E-state index contributed by atoms with van der Waals surface area (Å²) in [5.74, 6) is -0.393. The van der Waals surface area contributed by atoms with Gasteiger partial charge < -0.3 is 24.7 Å². The summed E-state index contributed by atoms with van der Waals surface area (Å²) < 4.78 is 15.2. The number of benzene rings is 1. The molecule has 0 aliphatic carbocycles. The molecule has 0 atom stereocenters. The van der Waals surface area contributed by atoms with Crippen molar-refractivity contribution in [3.63, 3.8) is 0 Å². The first kappa shape index (κ1) is 10.5. The molecule has 0 unspecified atom stereocenters. The van der Waals surface area contributed by atoms with Crippen LogP contribution in [0.3, 0.4) is 0 Å². The van der Waals surface area contributed by atoms with Crippen LogP contribution in [0.25, 0.3) is 11.3 Å². The molecule has 0 bridgehead atoms. The fourth-order valence-electron chi connectivity index (χ4n) is 1.72. The number of aromatic carboxylic acids is 1. The number of nitrogens with zero attached hydrogens (tertiary/aromatic N) is 1. The topological polar surface area (TPSA) is 108 Å². The van der Waals surface area contributed by atoms with Gasteiger partial charge in [0.15, 0.2) is 11.5 Å². The van der Waals surface area contributed by atoms with Gasteiger partial charge >= 0.3 is 5.97 Å². The lowest BCUT2D eigenvalue weighted by Gasteiger charge is -2.00. The minimum atomic E-state index is -1.23. The number of aromatic nitrogens is 1. The SMILES string of the molecule is Nc1nc(-c2ccc3c(c2)OCO3)c(C(=O)O)o1. The Hall–Kier alpha value is -2.70. The Balaban J connectivity index is 2.12. The number of nitrogen functional groups attached to an aromatic ring is 1. The summed E-state index contributed by atoms with van der Waals surface area (Å²) in [5.41, 5.74) is 6.07. The highest BCUT2D eigenvalue weighted by Crippen LogP contribution is 2.36. The van der Waals surface area contributed by atoms with Crippen LogP contribution in [-0.2, 0) is 0 Å². The summed E-state index contributed by atoms with van der Waals surface area (Å²) in [7, 11) is 0. The lowest BCUT2D eigenvalue weighted by Crippen LogP contribution is -1.96. The zero-order valence-electron chi connectivity index (χ0n) is 9.04. The Morgan fingerprint density at radius 1 is 1.33 bits per heavy atom. The van der Waals surface area contributed by atoms with E-state index in [9.17, 15) is 4.79 Å². The molecule has 18 heavy (non-hydrogen) atoms. The standard InChI is InChI=1S/C11H8N2O5/c12-11-13-8(9(18-11)10(14)15)5-1-2-6-7(3-5)17-4-16-6/h1-3H,4H2,(H2,12,13)(H,14,15). The van der Waals surface area contributed by atoms with Crippen molar-refractivity contribution >= 4 is 12.0 Å². The Labute approximate surface area is 101 Å². The number of carbonyl (C=O) groups is 1. The van der Waals surface area contributed by atoms with E-state index in [4.69, 9.17) is 24.7 Å². The highest BCUT2D eigenvalue weighted by Gasteiger charge is 2.22. The number of oxazole rings is 1. The second-order valence-electron chi connectivity index (χ2n) is 3.60. The first-order chi connectivity index (χ1) is 8.65. The number of anilines is 1. The summed E-state index contributed by atoms with van der Waals surface area (Å²) in [6.07, 6.45) is 0. The van der Waals surface area contributed by atoms with Gasteiger partial charge in [-0.2, -0.15) is 4.98 Å². The zero-order chi connectivity index (χ0) is 12.7. The van der Waals surface area contributed by atoms with Crippen LogP contribution in [0.2, 0.25) is 0 Å². The number of carboxylic acids is 1. The predicted molar refractivity (Wildman–Crippen MR) is 59.4 cm³/mol. The monoisotopic (exact) mass is 248 g/mol. The van der Waals surface area contributed by atoms with Gasteiger partial charge in [0.25, 0.3) is 6.01 Å². The van der Waals surface area contributed by atoms with Crippen molar-refractivity contribution in [2.45, 2.75) is 0 Å². The second kappa shape index (κ2) is 3.66. The minimum absolute atomic E-state index is 0.144. The molecule has 3 rings (SSSR count). The molecule has 0 saturated carbocycles. The van der Waals surface area contributed by atoms with Gasteiger partial charge in [-0.3, -0.25) is 0 Å². The summed E-state index contributed by atoms with van der Waals surface area (Å²) in [6, 6.07) is 4.78. The van der Waals surface area contributed by atoms with Crippen molar-refractivity contribution in [2.24, 2.45) is 0 Å². The first-order valence-corrected chi connectivity index (χ1v) is 5.05. The average Bonchev–Trinajstić information content (AvgIpc) is 2.93. The fourth-order valence-corrected chi connectivity index (χ4v) is 1.72. The molecule has 0 radical (unpaired) electrons. The molecular formula is C11H8N2O5. The van der Waals surface area contributed by atoms with Gasteiger partial charge in [-0.15, -0.1) is 0 Å². The van der Waals surface area contributed by atoms with Crippen molar-refractivity contribution in [2.75, 3.05) is 12.5 Å². The maximum atomic E-state index is 11.0. The Morgan fingerprint density at radius 3 is 2.89 bits per heavy atom. The van der Waals surface area contributed by atoms with Crippen molar-refractivity contribution in [3.8, 4) is 22.8 Å². The molecule has 2 heterocycles. The molecule has 0 amide bonds. The molecule has 1 aliphatic rings. The summed E-state index contributed by atoms with van der Waals surface area (Å²) in [5, 5.41) is 8.99. The van der Waals surface area contributed by atoms with Crippen molar-refractivity contribution in [1.29, 1.82) is 0 Å². The number of nitrogens with two attached hydrogens (primary N) is 1. The van der Waals surface area contributed by atoms with E-state index in [1.807, 2.05) is 0 Å². The number of ether oxygens (including phenoxy) is 2. The maximum Gasteiger partial charge on any atom is 0.374 e. The lowest BCUT2D eigenvalue weighted by molar-refractivity contribution is 0.0665. The van der Waals surface area contributed by atoms with Crippen molar-refractivity contribution in [1.82, 2.24) is 4.98 Å². The summed E-state index contributed by atoms with van der Waals surface area (Å²) >= 11 is 0. The summed E-state index contributed by atoms with van der Waals surface area (Å²) in [6.45, 7) is 0.144. The quantitative estimate of drug-likeness (QED) is 0.825. The third kappa shape index (κ3) is 1.53. The number of carboxylic acid groups (broad SMARTS) is 1. The average molecular weight is 248 g/mol. The van der Waals surface area contributed by atoms with Gasteiger partial charge in [-0.05, 0) is 18.2 Å². The smallest absolute Gasteiger partial charge is 0.374 e. The van der Waals surface area contributed by atoms with Crippen LogP contribution in [-0.4, -0.2) is 22.9 Å². The molecule has 3 N–H and O–H groups in total. The zero-order valence-corrected chi connectivity index (χ0v) is 9.04. The molecule has 0 spiro atoms. The van der Waals surface area contributed by atoms with E-state index in [-0.39, 0.29) is 24.3 Å². The van der Waals surface area contributed by atoms with Gasteiger partial charge in [-0.25, -0.2) is 4.79 Å². The molecule has 1 aliphatic heterocycles. The van der Waals surface area contributed by atoms with Crippen LogP contribution >= 0.6 is 0 Å². The molecule has 92 valence electrons. The number of fused-ring (bicyclic) bond motifs is 1. The van der Waals surface area contributed by atoms with Gasteiger partial charge in [0.2, 0.25) is 12.6 Å². The molecule has 0 fully saturated rings. The van der Waals surface area contributed by atoms with Crippen LogP contribution in [0.4, 0.5) is 6.01 Å². The normalized spacial score (nSPS) is 12.7. The number of hydrogen-bond donors (Lipinski definition) is 2. The van der Waals surface area contributed by atoms with Crippen LogP contribution in [0.5, 0.6) is 11.5 Å². The predicted octanol–water partition coefficient (Wildman–Crippen LogP) is 1.35. The Bertz CT molecular complexity index is 634.